The van der Waals surface area contributed by atoms with Gasteiger partial charge in [0.05, 0.1) is 37.1 Å². The second-order valence-corrected chi connectivity index (χ2v) is 7.76. The summed E-state index contributed by atoms with van der Waals surface area (Å²) in [6.07, 6.45) is 4.80. The summed E-state index contributed by atoms with van der Waals surface area (Å²) in [5.74, 6) is -0.487. The van der Waals surface area contributed by atoms with Crippen molar-refractivity contribution in [1.82, 2.24) is 25.4 Å². The molecule has 0 aliphatic carbocycles. The fourth-order valence-electron chi connectivity index (χ4n) is 3.95. The number of hydrogen-bond donors (Lipinski definition) is 3. The summed E-state index contributed by atoms with van der Waals surface area (Å²) < 4.78 is 27.1. The van der Waals surface area contributed by atoms with Crippen LogP contribution < -0.4 is 10.6 Å². The van der Waals surface area contributed by atoms with E-state index in [-0.39, 0.29) is 30.4 Å². The molecule has 2 fully saturated rings. The zero-order valence-electron chi connectivity index (χ0n) is 16.7. The third-order valence-corrected chi connectivity index (χ3v) is 5.46. The molecule has 9 nitrogen and oxygen atoms in total. The largest absolute Gasteiger partial charge is 0.388 e. The van der Waals surface area contributed by atoms with E-state index in [1.165, 1.54) is 12.4 Å². The number of ether oxygens (including phenoxy) is 2. The number of halogens is 1. The number of aryl methyl sites for hydroxylation is 1. The Balaban J connectivity index is 1.19. The smallest absolute Gasteiger partial charge is 0.222 e. The van der Waals surface area contributed by atoms with Gasteiger partial charge < -0.3 is 25.2 Å². The maximum Gasteiger partial charge on any atom is 0.222 e. The van der Waals surface area contributed by atoms with Crippen LogP contribution in [0.1, 0.15) is 24.0 Å². The molecule has 0 aromatic carbocycles. The highest BCUT2D eigenvalue weighted by atomic mass is 19.1. The van der Waals surface area contributed by atoms with Gasteiger partial charge in [-0.2, -0.15) is 5.10 Å². The number of nitrogens with one attached hydrogen (secondary N) is 2. The summed E-state index contributed by atoms with van der Waals surface area (Å²) in [7, 11) is 1.82. The van der Waals surface area contributed by atoms with Crippen molar-refractivity contribution in [3.63, 3.8) is 0 Å². The number of rotatable bonds is 8. The van der Waals surface area contributed by atoms with Crippen molar-refractivity contribution in [3.05, 3.63) is 47.8 Å². The molecular formula is C20H26FN5O4. The minimum absolute atomic E-state index is 0.115. The van der Waals surface area contributed by atoms with Crippen LogP contribution in [-0.2, 0) is 34.4 Å². The van der Waals surface area contributed by atoms with Gasteiger partial charge in [0.25, 0.3) is 0 Å². The zero-order chi connectivity index (χ0) is 21.1. The number of aliphatic hydroxyl groups is 1. The minimum Gasteiger partial charge on any atom is -0.388 e. The molecule has 2 saturated heterocycles. The van der Waals surface area contributed by atoms with E-state index in [4.69, 9.17) is 9.47 Å². The van der Waals surface area contributed by atoms with Gasteiger partial charge >= 0.3 is 0 Å². The van der Waals surface area contributed by atoms with Crippen molar-refractivity contribution in [1.29, 1.82) is 0 Å². The molecule has 2 aromatic rings. The molecule has 30 heavy (non-hydrogen) atoms. The van der Waals surface area contributed by atoms with E-state index in [0.717, 1.165) is 5.56 Å². The molecule has 3 N–H and O–H groups in total. The lowest BCUT2D eigenvalue weighted by molar-refractivity contribution is -0.124. The Kier molecular flexibility index (Phi) is 6.38. The first-order valence-electron chi connectivity index (χ1n) is 10.0. The molecule has 0 saturated carbocycles. The maximum atomic E-state index is 13.6. The van der Waals surface area contributed by atoms with E-state index in [9.17, 15) is 14.3 Å². The van der Waals surface area contributed by atoms with E-state index in [1.54, 1.807) is 16.9 Å². The summed E-state index contributed by atoms with van der Waals surface area (Å²) in [4.78, 5) is 15.9. The van der Waals surface area contributed by atoms with Crippen LogP contribution >= 0.6 is 0 Å². The fourth-order valence-corrected chi connectivity index (χ4v) is 3.95. The van der Waals surface area contributed by atoms with E-state index < -0.39 is 18.3 Å². The molecule has 162 valence electrons. The first-order chi connectivity index (χ1) is 14.5. The van der Waals surface area contributed by atoms with Crippen LogP contribution in [0.5, 0.6) is 0 Å². The van der Waals surface area contributed by atoms with Crippen molar-refractivity contribution >= 4 is 5.91 Å². The lowest BCUT2D eigenvalue weighted by atomic mass is 10.1. The van der Waals surface area contributed by atoms with Gasteiger partial charge in [-0.1, -0.05) is 0 Å². The number of hydrogen-bond acceptors (Lipinski definition) is 7. The SMILES string of the molecule is Cn1cc(CNC(=O)CC2CC3OC(CNCc4ccncc4F)C(O)C3O2)cn1. The number of amides is 1. The van der Waals surface area contributed by atoms with Gasteiger partial charge in [-0.25, -0.2) is 4.39 Å². The number of fused-ring (bicyclic) bond motifs is 1. The van der Waals surface area contributed by atoms with Crippen molar-refractivity contribution in [3.8, 4) is 0 Å². The van der Waals surface area contributed by atoms with Gasteiger partial charge in [0.1, 0.15) is 18.0 Å². The Labute approximate surface area is 173 Å². The van der Waals surface area contributed by atoms with Crippen LogP contribution in [0.4, 0.5) is 4.39 Å². The van der Waals surface area contributed by atoms with Gasteiger partial charge in [0.2, 0.25) is 5.91 Å². The summed E-state index contributed by atoms with van der Waals surface area (Å²) in [5.41, 5.74) is 1.43. The molecule has 2 aromatic heterocycles. The van der Waals surface area contributed by atoms with E-state index in [1.807, 2.05) is 13.2 Å². The first-order valence-corrected chi connectivity index (χ1v) is 10.0. The lowest BCUT2D eigenvalue weighted by Crippen LogP contribution is -2.39. The third kappa shape index (κ3) is 4.84. The van der Waals surface area contributed by atoms with Crippen LogP contribution in [0.3, 0.4) is 0 Å². The highest BCUT2D eigenvalue weighted by molar-refractivity contribution is 5.76. The van der Waals surface area contributed by atoms with Crippen molar-refractivity contribution < 1.29 is 23.8 Å². The maximum absolute atomic E-state index is 13.6. The fraction of sp³-hybridized carbons (Fsp3) is 0.550. The second-order valence-electron chi connectivity index (χ2n) is 7.76. The lowest BCUT2D eigenvalue weighted by Gasteiger charge is -2.20. The zero-order valence-corrected chi connectivity index (χ0v) is 16.7. The van der Waals surface area contributed by atoms with Crippen molar-refractivity contribution in [2.45, 2.75) is 56.5 Å². The highest BCUT2D eigenvalue weighted by Crippen LogP contribution is 2.35. The molecular weight excluding hydrogens is 393 g/mol. The number of carbonyl (C=O) groups excluding carboxylic acids is 1. The minimum atomic E-state index is -0.798. The second kappa shape index (κ2) is 9.17. The molecule has 1 amide bonds. The molecule has 0 bridgehead atoms. The van der Waals surface area contributed by atoms with Crippen molar-refractivity contribution in [2.75, 3.05) is 6.54 Å². The molecule has 4 heterocycles. The molecule has 0 radical (unpaired) electrons. The molecule has 5 atom stereocenters. The topological polar surface area (TPSA) is 111 Å². The molecule has 10 heteroatoms. The standard InChI is InChI=1S/C20H26FN5O4/c1-26-11-12(7-25-26)6-24-18(27)5-14-4-16-20(29-14)19(28)17(30-16)10-23-8-13-2-3-22-9-15(13)21/h2-3,7,9,11,14,16-17,19-20,23,28H,4-6,8,10H2,1H3,(H,24,27). The number of pyridine rings is 1. The van der Waals surface area contributed by atoms with Gasteiger partial charge in [0.15, 0.2) is 0 Å². The van der Waals surface area contributed by atoms with Crippen LogP contribution in [0.15, 0.2) is 30.9 Å². The number of carbonyl (C=O) groups is 1. The average Bonchev–Trinajstić information content (AvgIpc) is 3.39. The molecule has 2 aliphatic rings. The first kappa shape index (κ1) is 20.9. The van der Waals surface area contributed by atoms with Crippen LogP contribution in [-0.4, -0.2) is 62.8 Å². The van der Waals surface area contributed by atoms with E-state index >= 15 is 0 Å². The Morgan fingerprint density at radius 3 is 2.97 bits per heavy atom. The quantitative estimate of drug-likeness (QED) is 0.554. The Morgan fingerprint density at radius 1 is 1.37 bits per heavy atom. The number of nitrogens with zero attached hydrogens (tertiary/aromatic N) is 3. The summed E-state index contributed by atoms with van der Waals surface area (Å²) in [6.45, 7) is 1.10. The van der Waals surface area contributed by atoms with Gasteiger partial charge in [-0.3, -0.25) is 14.5 Å². The Bertz CT molecular complexity index is 878. The molecule has 5 unspecified atom stereocenters. The predicted molar refractivity (Wildman–Crippen MR) is 104 cm³/mol. The van der Waals surface area contributed by atoms with Crippen molar-refractivity contribution in [2.24, 2.45) is 7.05 Å². The van der Waals surface area contributed by atoms with Crippen LogP contribution in [0, 0.1) is 5.82 Å². The predicted octanol–water partition coefficient (Wildman–Crippen LogP) is 0.0361. The monoisotopic (exact) mass is 419 g/mol. The molecule has 2 aliphatic heterocycles. The summed E-state index contributed by atoms with van der Waals surface area (Å²) >= 11 is 0. The highest BCUT2D eigenvalue weighted by Gasteiger charge is 2.50. The summed E-state index contributed by atoms with van der Waals surface area (Å²) in [6, 6.07) is 1.61. The normalized spacial score (nSPS) is 27.9. The molecule has 0 spiro atoms. The van der Waals surface area contributed by atoms with Crippen LogP contribution in [0.2, 0.25) is 0 Å². The van der Waals surface area contributed by atoms with Gasteiger partial charge in [-0.15, -0.1) is 0 Å². The van der Waals surface area contributed by atoms with E-state index in [0.29, 0.717) is 31.6 Å². The number of aliphatic hydroxyl groups excluding tert-OH is 1. The number of aromatic nitrogens is 3. The van der Waals surface area contributed by atoms with Crippen LogP contribution in [0.25, 0.3) is 0 Å². The average molecular weight is 419 g/mol. The Hall–Kier alpha value is -2.40. The van der Waals surface area contributed by atoms with Gasteiger partial charge in [-0.05, 0) is 6.07 Å². The van der Waals surface area contributed by atoms with E-state index in [2.05, 4.69) is 20.7 Å². The third-order valence-electron chi connectivity index (χ3n) is 5.46. The molecule has 4 rings (SSSR count). The Morgan fingerprint density at radius 2 is 2.23 bits per heavy atom. The van der Waals surface area contributed by atoms with Gasteiger partial charge in [0, 0.05) is 56.6 Å². The summed E-state index contributed by atoms with van der Waals surface area (Å²) in [5, 5.41) is 20.6.